The van der Waals surface area contributed by atoms with Crippen LogP contribution < -0.4 is 51.4 Å². The van der Waals surface area contributed by atoms with Gasteiger partial charge in [-0.1, -0.05) is 18.8 Å². The molecule has 0 saturated heterocycles. The minimum atomic E-state index is -5.77. The predicted octanol–water partition coefficient (Wildman–Crippen LogP) is 0.180. The molecule has 0 nitrogen and oxygen atoms in total. The molecule has 0 bridgehead atoms. The summed E-state index contributed by atoms with van der Waals surface area (Å²) in [6, 6.07) is 0. The molecular weight excluding hydrogens is 224 g/mol. The van der Waals surface area contributed by atoms with Crippen molar-refractivity contribution in [1.82, 2.24) is 0 Å². The van der Waals surface area contributed by atoms with Crippen LogP contribution >= 0.6 is 0 Å². The van der Waals surface area contributed by atoms with Crippen LogP contribution in [0.2, 0.25) is 5.82 Å². The average molecular weight is 230 g/mol. The molecule has 13 heavy (non-hydrogen) atoms. The summed E-state index contributed by atoms with van der Waals surface area (Å²) in [6.45, 7) is -5.77. The first kappa shape index (κ1) is 14.3. The first-order valence-electron chi connectivity index (χ1n) is 3.49. The number of halogens is 6. The van der Waals surface area contributed by atoms with Crippen molar-refractivity contribution in [2.24, 2.45) is 5.92 Å². The molecule has 0 heterocycles. The molecule has 1 fully saturated rings. The fraction of sp³-hybridized carbons (Fsp3) is 1.00. The van der Waals surface area contributed by atoms with Crippen molar-refractivity contribution in [1.29, 1.82) is 0 Å². The number of hydrogen-bond donors (Lipinski definition) is 0. The third-order valence-electron chi connectivity index (χ3n) is 1.92. The summed E-state index contributed by atoms with van der Waals surface area (Å²) in [5.74, 6) is -4.25. The number of hydrogen-bond acceptors (Lipinski definition) is 0. The van der Waals surface area contributed by atoms with Gasteiger partial charge in [-0.05, 0) is 0 Å². The van der Waals surface area contributed by atoms with Crippen LogP contribution in [0.25, 0.3) is 0 Å². The Balaban J connectivity index is 0.00000144. The van der Waals surface area contributed by atoms with Crippen LogP contribution in [-0.4, -0.2) is 13.2 Å². The summed E-state index contributed by atoms with van der Waals surface area (Å²) in [7, 11) is 0. The Labute approximate surface area is 114 Å². The Kier molecular flexibility index (Phi) is 4.86. The molecule has 1 aliphatic rings. The van der Waals surface area contributed by atoms with Gasteiger partial charge in [0.2, 0.25) is 0 Å². The largest absolute Gasteiger partial charge is 1.00 e. The molecule has 0 aromatic rings. The quantitative estimate of drug-likeness (QED) is 0.469. The zero-order chi connectivity index (χ0) is 9.57. The maximum absolute atomic E-state index is 11.8. The minimum absolute atomic E-state index is 0. The van der Waals surface area contributed by atoms with Crippen molar-refractivity contribution >= 4 is 6.98 Å². The summed E-state index contributed by atoms with van der Waals surface area (Å²) in [6.07, 6.45) is -5.02. The number of alkyl halides is 3. The van der Waals surface area contributed by atoms with Crippen LogP contribution in [0.15, 0.2) is 0 Å². The van der Waals surface area contributed by atoms with E-state index in [-0.39, 0.29) is 64.2 Å². The van der Waals surface area contributed by atoms with Crippen molar-refractivity contribution < 1.29 is 77.5 Å². The van der Waals surface area contributed by atoms with E-state index in [2.05, 4.69) is 0 Å². The first-order chi connectivity index (χ1) is 5.23. The smallest absolute Gasteiger partial charge is 0.448 e. The minimum Gasteiger partial charge on any atom is -0.448 e. The molecule has 0 radical (unpaired) electrons. The fourth-order valence-electron chi connectivity index (χ4n) is 1.25. The summed E-state index contributed by atoms with van der Waals surface area (Å²) >= 11 is 0. The van der Waals surface area contributed by atoms with Gasteiger partial charge < -0.3 is 12.9 Å². The monoisotopic (exact) mass is 230 g/mol. The van der Waals surface area contributed by atoms with Crippen LogP contribution in [-0.2, 0) is 0 Å². The van der Waals surface area contributed by atoms with Crippen LogP contribution in [0, 0.1) is 5.92 Å². The molecule has 1 aliphatic carbocycles. The summed E-state index contributed by atoms with van der Waals surface area (Å²) in [4.78, 5) is 0. The summed E-state index contributed by atoms with van der Waals surface area (Å²) < 4.78 is 71.0. The van der Waals surface area contributed by atoms with E-state index in [1.165, 1.54) is 0 Å². The molecule has 0 aromatic carbocycles. The molecule has 0 amide bonds. The standard InChI is InChI=1S/C5H6BF6.K/c7-5(8,9)4(3-1-2-3)6(10,11)12;/h3-4H,1-2H2;/q-1;+1. The first-order valence-corrected chi connectivity index (χ1v) is 3.49. The van der Waals surface area contributed by atoms with E-state index in [9.17, 15) is 26.1 Å². The second kappa shape index (κ2) is 4.42. The predicted molar refractivity (Wildman–Crippen MR) is 31.6 cm³/mol. The molecular formula is C5H6BF6K. The van der Waals surface area contributed by atoms with Crippen LogP contribution in [0.5, 0.6) is 0 Å². The second-order valence-corrected chi connectivity index (χ2v) is 3.03. The van der Waals surface area contributed by atoms with Gasteiger partial charge >= 0.3 is 64.5 Å². The zero-order valence-corrected chi connectivity index (χ0v) is 10.0. The molecule has 1 unspecified atom stereocenters. The van der Waals surface area contributed by atoms with Crippen molar-refractivity contribution in [2.45, 2.75) is 24.8 Å². The topological polar surface area (TPSA) is 0 Å². The Morgan fingerprint density at radius 2 is 1.46 bits per heavy atom. The molecule has 8 heteroatoms. The van der Waals surface area contributed by atoms with Gasteiger partial charge in [-0.15, -0.1) is 0 Å². The normalized spacial score (nSPS) is 20.8. The van der Waals surface area contributed by atoms with Gasteiger partial charge in [-0.2, -0.15) is 13.2 Å². The molecule has 1 atom stereocenters. The average Bonchev–Trinajstić information content (AvgIpc) is 2.38. The fourth-order valence-corrected chi connectivity index (χ4v) is 1.25. The van der Waals surface area contributed by atoms with E-state index in [0.29, 0.717) is 0 Å². The van der Waals surface area contributed by atoms with Gasteiger partial charge in [0.05, 0.1) is 0 Å². The molecule has 0 aliphatic heterocycles. The van der Waals surface area contributed by atoms with Crippen LogP contribution in [0.3, 0.4) is 0 Å². The molecule has 1 saturated carbocycles. The zero-order valence-electron chi connectivity index (χ0n) is 6.91. The van der Waals surface area contributed by atoms with Gasteiger partial charge in [0.1, 0.15) is 0 Å². The van der Waals surface area contributed by atoms with Crippen LogP contribution in [0.4, 0.5) is 26.1 Å². The van der Waals surface area contributed by atoms with Gasteiger partial charge in [0.25, 0.3) is 0 Å². The third kappa shape index (κ3) is 4.11. The molecule has 72 valence electrons. The number of rotatable bonds is 2. The van der Waals surface area contributed by atoms with E-state index in [4.69, 9.17) is 0 Å². The third-order valence-corrected chi connectivity index (χ3v) is 1.92. The SMILES string of the molecule is F[B-](F)(F)C(C1CC1)C(F)(F)F.[K+]. The van der Waals surface area contributed by atoms with Crippen molar-refractivity contribution in [3.63, 3.8) is 0 Å². The molecule has 1 rings (SSSR count). The Bertz CT molecular complexity index is 157. The molecule has 0 aromatic heterocycles. The van der Waals surface area contributed by atoms with Gasteiger partial charge in [-0.3, -0.25) is 0 Å². The summed E-state index contributed by atoms with van der Waals surface area (Å²) in [5, 5.41) is 0. The van der Waals surface area contributed by atoms with E-state index < -0.39 is 24.9 Å². The van der Waals surface area contributed by atoms with Gasteiger partial charge in [-0.25, -0.2) is 0 Å². The van der Waals surface area contributed by atoms with Gasteiger partial charge in [0.15, 0.2) is 0 Å². The van der Waals surface area contributed by atoms with E-state index in [1.54, 1.807) is 0 Å². The molecule has 0 N–H and O–H groups in total. The van der Waals surface area contributed by atoms with Crippen molar-refractivity contribution in [3.05, 3.63) is 0 Å². The van der Waals surface area contributed by atoms with Gasteiger partial charge in [0, 0.05) is 5.82 Å². The molecule has 0 spiro atoms. The van der Waals surface area contributed by atoms with Crippen molar-refractivity contribution in [3.8, 4) is 0 Å². The van der Waals surface area contributed by atoms with Crippen molar-refractivity contribution in [2.75, 3.05) is 0 Å². The second-order valence-electron chi connectivity index (χ2n) is 3.03. The van der Waals surface area contributed by atoms with E-state index in [0.717, 1.165) is 0 Å². The maximum Gasteiger partial charge on any atom is 1.00 e. The Hall–Kier alpha value is 1.28. The van der Waals surface area contributed by atoms with Crippen LogP contribution in [0.1, 0.15) is 12.8 Å². The Morgan fingerprint density at radius 1 is 1.08 bits per heavy atom. The summed E-state index contributed by atoms with van der Waals surface area (Å²) in [5.41, 5.74) is 0. The maximum atomic E-state index is 11.8. The van der Waals surface area contributed by atoms with E-state index >= 15 is 0 Å². The Morgan fingerprint density at radius 3 is 1.54 bits per heavy atom. The van der Waals surface area contributed by atoms with E-state index in [1.807, 2.05) is 0 Å².